The number of aromatic nitrogens is 2. The lowest BCUT2D eigenvalue weighted by Gasteiger charge is -2.33. The number of pyridine rings is 2. The van der Waals surface area contributed by atoms with Gasteiger partial charge in [-0.15, -0.1) is 0 Å². The van der Waals surface area contributed by atoms with Gasteiger partial charge in [0.05, 0.1) is 13.1 Å². The minimum absolute atomic E-state index is 0.00603. The number of carbonyl (C=O) groups is 2. The summed E-state index contributed by atoms with van der Waals surface area (Å²) in [7, 11) is 0. The minimum atomic E-state index is 0.00603. The van der Waals surface area contributed by atoms with E-state index >= 15 is 0 Å². The van der Waals surface area contributed by atoms with Gasteiger partial charge in [-0.2, -0.15) is 0 Å². The zero-order valence-corrected chi connectivity index (χ0v) is 15.9. The highest BCUT2D eigenvalue weighted by Crippen LogP contribution is 2.02. The molecule has 1 fully saturated rings. The van der Waals surface area contributed by atoms with Gasteiger partial charge in [0, 0.05) is 64.1 Å². The van der Waals surface area contributed by atoms with Gasteiger partial charge in [0.15, 0.2) is 0 Å². The van der Waals surface area contributed by atoms with E-state index in [1.807, 2.05) is 24.3 Å². The van der Waals surface area contributed by atoms with E-state index in [1.54, 1.807) is 24.8 Å². The molecule has 1 aliphatic rings. The van der Waals surface area contributed by atoms with Gasteiger partial charge >= 0.3 is 0 Å². The number of hydrogen-bond donors (Lipinski definition) is 2. The molecule has 3 rings (SSSR count). The number of nitrogens with zero attached hydrogens (tertiary/aromatic N) is 4. The van der Waals surface area contributed by atoms with E-state index < -0.39 is 0 Å². The highest BCUT2D eigenvalue weighted by Gasteiger charge is 2.20. The second-order valence-corrected chi connectivity index (χ2v) is 6.83. The average Bonchev–Trinajstić information content (AvgIpc) is 2.74. The Morgan fingerprint density at radius 1 is 0.786 bits per heavy atom. The Hall–Kier alpha value is -2.84. The summed E-state index contributed by atoms with van der Waals surface area (Å²) in [6, 6.07) is 7.58. The highest BCUT2D eigenvalue weighted by molar-refractivity contribution is 5.78. The third-order valence-electron chi connectivity index (χ3n) is 4.62. The zero-order valence-electron chi connectivity index (χ0n) is 15.9. The van der Waals surface area contributed by atoms with E-state index in [4.69, 9.17) is 0 Å². The van der Waals surface area contributed by atoms with Crippen LogP contribution in [0.1, 0.15) is 11.1 Å². The van der Waals surface area contributed by atoms with Crippen LogP contribution in [0.4, 0.5) is 0 Å². The van der Waals surface area contributed by atoms with Gasteiger partial charge in [0.2, 0.25) is 11.8 Å². The number of nitrogens with one attached hydrogen (secondary N) is 2. The fourth-order valence-electron chi connectivity index (χ4n) is 3.03. The molecule has 0 bridgehead atoms. The van der Waals surface area contributed by atoms with Crippen LogP contribution in [0, 0.1) is 0 Å². The van der Waals surface area contributed by atoms with Crippen LogP contribution in [0.15, 0.2) is 49.1 Å². The predicted molar refractivity (Wildman–Crippen MR) is 105 cm³/mol. The summed E-state index contributed by atoms with van der Waals surface area (Å²) >= 11 is 0. The summed E-state index contributed by atoms with van der Waals surface area (Å²) in [6.07, 6.45) is 6.92. The third-order valence-corrected chi connectivity index (χ3v) is 4.62. The number of rotatable bonds is 8. The van der Waals surface area contributed by atoms with Crippen molar-refractivity contribution in [2.45, 2.75) is 13.1 Å². The van der Waals surface area contributed by atoms with E-state index in [9.17, 15) is 9.59 Å². The molecule has 0 saturated carbocycles. The molecular formula is C20H26N6O2. The lowest BCUT2D eigenvalue weighted by atomic mass is 10.2. The molecule has 0 spiro atoms. The molecule has 2 N–H and O–H groups in total. The largest absolute Gasteiger partial charge is 0.351 e. The van der Waals surface area contributed by atoms with E-state index in [-0.39, 0.29) is 11.8 Å². The van der Waals surface area contributed by atoms with E-state index in [2.05, 4.69) is 30.4 Å². The Bertz CT molecular complexity index is 682. The first-order chi connectivity index (χ1) is 13.7. The summed E-state index contributed by atoms with van der Waals surface area (Å²) in [5.74, 6) is 0.0121. The molecular weight excluding hydrogens is 356 g/mol. The Morgan fingerprint density at radius 2 is 1.21 bits per heavy atom. The van der Waals surface area contributed by atoms with Gasteiger partial charge in [-0.3, -0.25) is 29.4 Å². The zero-order chi connectivity index (χ0) is 19.6. The maximum atomic E-state index is 12.1. The lowest BCUT2D eigenvalue weighted by molar-refractivity contribution is -0.125. The van der Waals surface area contributed by atoms with Gasteiger partial charge < -0.3 is 10.6 Å². The molecule has 28 heavy (non-hydrogen) atoms. The quantitative estimate of drug-likeness (QED) is 0.669. The van der Waals surface area contributed by atoms with Crippen molar-refractivity contribution in [3.8, 4) is 0 Å². The molecule has 0 atom stereocenters. The van der Waals surface area contributed by atoms with E-state index in [0.29, 0.717) is 26.2 Å². The van der Waals surface area contributed by atoms with Crippen LogP contribution in [0.3, 0.4) is 0 Å². The van der Waals surface area contributed by atoms with Crippen molar-refractivity contribution in [3.05, 3.63) is 60.2 Å². The first-order valence-corrected chi connectivity index (χ1v) is 9.45. The van der Waals surface area contributed by atoms with Crippen LogP contribution in [-0.2, 0) is 22.7 Å². The summed E-state index contributed by atoms with van der Waals surface area (Å²) in [5, 5.41) is 5.84. The molecule has 2 amide bonds. The number of hydrogen-bond acceptors (Lipinski definition) is 6. The van der Waals surface area contributed by atoms with Crippen molar-refractivity contribution < 1.29 is 9.59 Å². The SMILES string of the molecule is O=C(CN1CCN(CC(=O)NCc2cccnc2)CC1)NCc1cccnc1. The Kier molecular flexibility index (Phi) is 7.45. The number of carbonyl (C=O) groups excluding carboxylic acids is 2. The molecule has 0 aromatic carbocycles. The first kappa shape index (κ1) is 19.9. The van der Waals surface area contributed by atoms with E-state index in [0.717, 1.165) is 37.3 Å². The molecule has 0 aliphatic carbocycles. The molecule has 1 aliphatic heterocycles. The van der Waals surface area contributed by atoms with Gasteiger partial charge in [0.25, 0.3) is 0 Å². The van der Waals surface area contributed by atoms with Crippen LogP contribution in [0.25, 0.3) is 0 Å². The fourth-order valence-corrected chi connectivity index (χ4v) is 3.03. The van der Waals surface area contributed by atoms with Crippen LogP contribution < -0.4 is 10.6 Å². The molecule has 1 saturated heterocycles. The Morgan fingerprint density at radius 3 is 1.57 bits per heavy atom. The smallest absolute Gasteiger partial charge is 0.234 e. The van der Waals surface area contributed by atoms with Crippen LogP contribution in [0.2, 0.25) is 0 Å². The second-order valence-electron chi connectivity index (χ2n) is 6.83. The maximum absolute atomic E-state index is 12.1. The van der Waals surface area contributed by atoms with E-state index in [1.165, 1.54) is 0 Å². The van der Waals surface area contributed by atoms with Crippen LogP contribution in [0.5, 0.6) is 0 Å². The van der Waals surface area contributed by atoms with Gasteiger partial charge in [0.1, 0.15) is 0 Å². The van der Waals surface area contributed by atoms with Gasteiger partial charge in [-0.1, -0.05) is 12.1 Å². The molecule has 8 heteroatoms. The summed E-state index contributed by atoms with van der Waals surface area (Å²) < 4.78 is 0. The van der Waals surface area contributed by atoms with Crippen LogP contribution >= 0.6 is 0 Å². The summed E-state index contributed by atoms with van der Waals surface area (Å²) in [6.45, 7) is 4.83. The van der Waals surface area contributed by atoms with Crippen molar-refractivity contribution in [3.63, 3.8) is 0 Å². The predicted octanol–water partition coefficient (Wildman–Crippen LogP) is 0.0268. The normalized spacial score (nSPS) is 15.1. The summed E-state index contributed by atoms with van der Waals surface area (Å²) in [4.78, 5) is 36.5. The monoisotopic (exact) mass is 382 g/mol. The molecule has 148 valence electrons. The number of piperazine rings is 1. The molecule has 0 unspecified atom stereocenters. The van der Waals surface area contributed by atoms with Gasteiger partial charge in [-0.25, -0.2) is 0 Å². The molecule has 8 nitrogen and oxygen atoms in total. The van der Waals surface area contributed by atoms with Gasteiger partial charge in [-0.05, 0) is 23.3 Å². The average molecular weight is 382 g/mol. The maximum Gasteiger partial charge on any atom is 0.234 e. The second kappa shape index (κ2) is 10.5. The highest BCUT2D eigenvalue weighted by atomic mass is 16.2. The molecule has 2 aromatic heterocycles. The number of amides is 2. The molecule has 0 radical (unpaired) electrons. The van der Waals surface area contributed by atoms with Crippen molar-refractivity contribution in [2.75, 3.05) is 39.3 Å². The van der Waals surface area contributed by atoms with Crippen molar-refractivity contribution in [1.29, 1.82) is 0 Å². The van der Waals surface area contributed by atoms with Crippen molar-refractivity contribution in [1.82, 2.24) is 30.4 Å². The Labute approximate surface area is 165 Å². The third kappa shape index (κ3) is 6.71. The van der Waals surface area contributed by atoms with Crippen molar-refractivity contribution in [2.24, 2.45) is 0 Å². The first-order valence-electron chi connectivity index (χ1n) is 9.45. The van der Waals surface area contributed by atoms with Crippen LogP contribution in [-0.4, -0.2) is 70.9 Å². The minimum Gasteiger partial charge on any atom is -0.351 e. The lowest BCUT2D eigenvalue weighted by Crippen LogP contribution is -2.51. The topological polar surface area (TPSA) is 90.5 Å². The fraction of sp³-hybridized carbons (Fsp3) is 0.400. The standard InChI is InChI=1S/C20H26N6O2/c27-19(23-13-17-3-1-5-21-11-17)15-25-7-9-26(10-8-25)16-20(28)24-14-18-4-2-6-22-12-18/h1-6,11-12H,7-10,13-16H2,(H,23,27)(H,24,28). The van der Waals surface area contributed by atoms with Crippen molar-refractivity contribution >= 4 is 11.8 Å². The molecule has 2 aromatic rings. The molecule has 3 heterocycles. The summed E-state index contributed by atoms with van der Waals surface area (Å²) in [5.41, 5.74) is 1.97. The Balaban J connectivity index is 1.30.